The quantitative estimate of drug-likeness (QED) is 0.775. The monoisotopic (exact) mass is 368 g/mol. The zero-order chi connectivity index (χ0) is 19.6. The van der Waals surface area contributed by atoms with E-state index in [0.717, 1.165) is 0 Å². The number of hydrogen-bond donors (Lipinski definition) is 2. The van der Waals surface area contributed by atoms with Crippen molar-refractivity contribution in [2.75, 3.05) is 37.3 Å². The fourth-order valence-corrected chi connectivity index (χ4v) is 2.83. The van der Waals surface area contributed by atoms with Gasteiger partial charge in [0.25, 0.3) is 0 Å². The first-order valence-corrected chi connectivity index (χ1v) is 8.81. The first-order valence-electron chi connectivity index (χ1n) is 8.81. The van der Waals surface area contributed by atoms with Gasteiger partial charge in [0, 0.05) is 43.5 Å². The lowest BCUT2D eigenvalue weighted by Crippen LogP contribution is -2.48. The van der Waals surface area contributed by atoms with Crippen LogP contribution in [0, 0.1) is 5.41 Å². The van der Waals surface area contributed by atoms with Gasteiger partial charge < -0.3 is 20.3 Å². The number of piperazine rings is 1. The molecule has 0 spiro atoms. The third-order valence-electron chi connectivity index (χ3n) is 4.35. The van der Waals surface area contributed by atoms with Crippen LogP contribution in [0.1, 0.15) is 25.0 Å². The number of ether oxygens (including phenoxy) is 1. The van der Waals surface area contributed by atoms with Gasteiger partial charge in [-0.15, -0.1) is 0 Å². The highest BCUT2D eigenvalue weighted by atomic mass is 16.5. The summed E-state index contributed by atoms with van der Waals surface area (Å²) in [5.74, 6) is 1.15. The third kappa shape index (κ3) is 4.16. The van der Waals surface area contributed by atoms with Crippen molar-refractivity contribution in [1.82, 2.24) is 14.9 Å². The number of nitrogens with one attached hydrogen (secondary N) is 1. The normalized spacial score (nSPS) is 14.6. The average Bonchev–Trinajstić information content (AvgIpc) is 2.64. The summed E-state index contributed by atoms with van der Waals surface area (Å²) in [4.78, 5) is 24.1. The molecule has 3 heterocycles. The summed E-state index contributed by atoms with van der Waals surface area (Å²) in [6.45, 7) is 5.46. The van der Waals surface area contributed by atoms with Crippen molar-refractivity contribution >= 4 is 23.1 Å². The van der Waals surface area contributed by atoms with E-state index in [4.69, 9.17) is 15.9 Å². The minimum absolute atomic E-state index is 0.0227. The lowest BCUT2D eigenvalue weighted by molar-refractivity contribution is -0.129. The van der Waals surface area contributed by atoms with Crippen LogP contribution < -0.4 is 15.4 Å². The van der Waals surface area contributed by atoms with Crippen LogP contribution in [0.2, 0.25) is 0 Å². The van der Waals surface area contributed by atoms with Crippen molar-refractivity contribution in [3.05, 3.63) is 41.7 Å². The van der Waals surface area contributed by atoms with Gasteiger partial charge in [-0.1, -0.05) is 0 Å². The molecular weight excluding hydrogens is 344 g/mol. The maximum atomic E-state index is 12.0. The highest BCUT2D eigenvalue weighted by Crippen LogP contribution is 2.23. The van der Waals surface area contributed by atoms with Crippen LogP contribution in [0.4, 0.5) is 11.5 Å². The number of anilines is 2. The Balaban J connectivity index is 1.87. The Morgan fingerprint density at radius 1 is 1.30 bits per heavy atom. The Labute approximate surface area is 158 Å². The van der Waals surface area contributed by atoms with Crippen LogP contribution in [0.25, 0.3) is 0 Å². The van der Waals surface area contributed by atoms with Gasteiger partial charge >= 0.3 is 0 Å². The van der Waals surface area contributed by atoms with Crippen molar-refractivity contribution in [2.24, 2.45) is 0 Å². The van der Waals surface area contributed by atoms with Gasteiger partial charge in [0.2, 0.25) is 11.8 Å². The molecule has 8 heteroatoms. The maximum Gasteiger partial charge on any atom is 0.241 e. The number of pyridine rings is 2. The molecule has 0 saturated carbocycles. The molecule has 1 fully saturated rings. The lowest BCUT2D eigenvalue weighted by Gasteiger charge is -2.32. The molecule has 0 aliphatic carbocycles. The summed E-state index contributed by atoms with van der Waals surface area (Å²) >= 11 is 0. The van der Waals surface area contributed by atoms with Crippen LogP contribution in [0.15, 0.2) is 30.6 Å². The number of hydrogen-bond acceptors (Lipinski definition) is 7. The first kappa shape index (κ1) is 18.6. The first-order chi connectivity index (χ1) is 12.8. The molecule has 1 saturated heterocycles. The maximum absolute atomic E-state index is 12.0. The molecule has 1 amide bonds. The number of nitrogens with zero attached hydrogens (tertiary/aromatic N) is 4. The zero-order valence-electron chi connectivity index (χ0n) is 15.8. The second-order valence-corrected chi connectivity index (χ2v) is 6.79. The van der Waals surface area contributed by atoms with Gasteiger partial charge in [0.05, 0.1) is 30.2 Å². The second kappa shape index (κ2) is 7.61. The van der Waals surface area contributed by atoms with E-state index < -0.39 is 0 Å². The van der Waals surface area contributed by atoms with Gasteiger partial charge in [0.15, 0.2) is 0 Å². The lowest BCUT2D eigenvalue weighted by atomic mass is 10.0. The van der Waals surface area contributed by atoms with Crippen molar-refractivity contribution in [3.63, 3.8) is 0 Å². The van der Waals surface area contributed by atoms with E-state index in [1.807, 2.05) is 24.8 Å². The number of amides is 1. The number of carbonyl (C=O) groups excluding carboxylic acids is 1. The topological polar surface area (TPSA) is 108 Å². The molecule has 1 aliphatic heterocycles. The molecule has 8 nitrogen and oxygen atoms in total. The largest absolute Gasteiger partial charge is 0.475 e. The molecule has 3 rings (SSSR count). The van der Waals surface area contributed by atoms with E-state index in [1.165, 1.54) is 6.20 Å². The fraction of sp³-hybridized carbons (Fsp3) is 0.368. The molecule has 142 valence electrons. The number of rotatable bonds is 5. The number of likely N-dealkylation sites (N-methyl/N-ethyl adjacent to an activating group) is 1. The smallest absolute Gasteiger partial charge is 0.241 e. The number of carbonyl (C=O) groups is 1. The highest BCUT2D eigenvalue weighted by molar-refractivity contribution is 6.14. The Bertz CT molecular complexity index is 867. The Morgan fingerprint density at radius 2 is 2.07 bits per heavy atom. The minimum atomic E-state index is -0.0227. The molecule has 2 aromatic heterocycles. The molecule has 0 unspecified atom stereocenters. The predicted molar refractivity (Wildman–Crippen MR) is 104 cm³/mol. The van der Waals surface area contributed by atoms with E-state index in [-0.39, 0.29) is 24.3 Å². The fourth-order valence-electron chi connectivity index (χ4n) is 2.83. The van der Waals surface area contributed by atoms with Gasteiger partial charge in [-0.25, -0.2) is 9.97 Å². The van der Waals surface area contributed by atoms with E-state index in [1.54, 1.807) is 30.3 Å². The molecular formula is C19H24N6O2. The number of aromatic nitrogens is 2. The van der Waals surface area contributed by atoms with Crippen LogP contribution in [-0.2, 0) is 4.79 Å². The predicted octanol–water partition coefficient (Wildman–Crippen LogP) is 1.54. The van der Waals surface area contributed by atoms with Gasteiger partial charge in [0.1, 0.15) is 5.82 Å². The van der Waals surface area contributed by atoms with Gasteiger partial charge in [-0.2, -0.15) is 0 Å². The number of nitrogens with two attached hydrogens (primary N) is 1. The van der Waals surface area contributed by atoms with Gasteiger partial charge in [-0.3, -0.25) is 10.2 Å². The molecule has 27 heavy (non-hydrogen) atoms. The molecule has 0 aromatic carbocycles. The summed E-state index contributed by atoms with van der Waals surface area (Å²) in [6, 6.07) is 5.24. The SMILES string of the molecule is CC(C)Oc1cc(C(=N)c2ccnc(N3CCN(C)C(=O)C3)c2)c(N)cn1. The summed E-state index contributed by atoms with van der Waals surface area (Å²) in [6.07, 6.45) is 3.12. The molecule has 0 atom stereocenters. The minimum Gasteiger partial charge on any atom is -0.475 e. The van der Waals surface area contributed by atoms with Crippen molar-refractivity contribution < 1.29 is 9.53 Å². The molecule has 0 radical (unpaired) electrons. The molecule has 3 N–H and O–H groups in total. The molecule has 2 aromatic rings. The van der Waals surface area contributed by atoms with Gasteiger partial charge in [-0.05, 0) is 26.0 Å². The van der Waals surface area contributed by atoms with E-state index >= 15 is 0 Å². The van der Waals surface area contributed by atoms with E-state index in [2.05, 4.69) is 9.97 Å². The van der Waals surface area contributed by atoms with Crippen LogP contribution in [-0.4, -0.2) is 59.3 Å². The summed E-state index contributed by atoms with van der Waals surface area (Å²) < 4.78 is 5.61. The van der Waals surface area contributed by atoms with E-state index in [9.17, 15) is 4.79 Å². The zero-order valence-corrected chi connectivity index (χ0v) is 15.8. The Morgan fingerprint density at radius 3 is 2.78 bits per heavy atom. The van der Waals surface area contributed by atoms with E-state index in [0.29, 0.717) is 41.6 Å². The average molecular weight is 368 g/mol. The number of nitrogen functional groups attached to an aromatic ring is 1. The summed E-state index contributed by atoms with van der Waals surface area (Å²) in [5, 5.41) is 8.59. The summed E-state index contributed by atoms with van der Waals surface area (Å²) in [7, 11) is 1.79. The highest BCUT2D eigenvalue weighted by Gasteiger charge is 2.22. The van der Waals surface area contributed by atoms with Crippen molar-refractivity contribution in [3.8, 4) is 5.88 Å². The van der Waals surface area contributed by atoms with Crippen LogP contribution in [0.5, 0.6) is 5.88 Å². The molecule has 1 aliphatic rings. The Kier molecular flexibility index (Phi) is 5.25. The van der Waals surface area contributed by atoms with Crippen LogP contribution in [0.3, 0.4) is 0 Å². The molecule has 0 bridgehead atoms. The van der Waals surface area contributed by atoms with Crippen molar-refractivity contribution in [2.45, 2.75) is 20.0 Å². The van der Waals surface area contributed by atoms with Crippen LogP contribution >= 0.6 is 0 Å². The summed E-state index contributed by atoms with van der Waals surface area (Å²) in [5.41, 5.74) is 7.92. The second-order valence-electron chi connectivity index (χ2n) is 6.79. The Hall–Kier alpha value is -3.16. The standard InChI is InChI=1S/C19H24N6O2/c1-12(2)27-17-9-14(15(20)10-23-17)19(21)13-4-5-22-16(8-13)25-7-6-24(3)18(26)11-25/h4-5,8-10,12,21H,6-7,11,20H2,1-3H3. The third-order valence-corrected chi connectivity index (χ3v) is 4.35. The van der Waals surface area contributed by atoms with Crippen molar-refractivity contribution in [1.29, 1.82) is 5.41 Å².